The molecule has 3 aliphatic rings. The summed E-state index contributed by atoms with van der Waals surface area (Å²) in [6, 6.07) is 3.52. The molecule has 160 valence electrons. The predicted molar refractivity (Wildman–Crippen MR) is 111 cm³/mol. The molecule has 1 aliphatic carbocycles. The molecule has 0 unspecified atom stereocenters. The maximum absolute atomic E-state index is 13.2. The third kappa shape index (κ3) is 5.28. The Kier molecular flexibility index (Phi) is 6.70. The lowest BCUT2D eigenvalue weighted by Crippen LogP contribution is -2.45. The topological polar surface area (TPSA) is 63.0 Å². The Morgan fingerprint density at radius 3 is 2.48 bits per heavy atom. The first kappa shape index (κ1) is 20.6. The second-order valence-electron chi connectivity index (χ2n) is 9.03. The van der Waals surface area contributed by atoms with Gasteiger partial charge in [0.15, 0.2) is 11.2 Å². The zero-order chi connectivity index (χ0) is 20.2. The highest BCUT2D eigenvalue weighted by atomic mass is 16.5. The molecule has 1 aromatic rings. The number of ether oxygens (including phenoxy) is 1. The quantitative estimate of drug-likeness (QED) is 0.731. The summed E-state index contributed by atoms with van der Waals surface area (Å²) < 4.78 is 11.4. The summed E-state index contributed by atoms with van der Waals surface area (Å²) in [7, 11) is 0. The van der Waals surface area contributed by atoms with Gasteiger partial charge >= 0.3 is 0 Å². The van der Waals surface area contributed by atoms with Gasteiger partial charge in [0.2, 0.25) is 0 Å². The molecule has 2 saturated heterocycles. The predicted octanol–water partition coefficient (Wildman–Crippen LogP) is 3.22. The van der Waals surface area contributed by atoms with Crippen LogP contribution in [-0.2, 0) is 4.74 Å². The molecule has 0 aromatic carbocycles. The van der Waals surface area contributed by atoms with Crippen LogP contribution in [0.25, 0.3) is 0 Å². The molecule has 1 amide bonds. The van der Waals surface area contributed by atoms with Crippen molar-refractivity contribution in [2.45, 2.75) is 70.4 Å². The lowest BCUT2D eigenvalue weighted by molar-refractivity contribution is 0.0405. The first-order chi connectivity index (χ1) is 14.1. The molecule has 1 aromatic heterocycles. The smallest absolute Gasteiger partial charge is 0.289 e. The number of hydrogen-bond donors (Lipinski definition) is 0. The van der Waals surface area contributed by atoms with E-state index in [1.807, 2.05) is 4.90 Å². The van der Waals surface area contributed by atoms with Crippen LogP contribution in [0.1, 0.15) is 67.7 Å². The van der Waals surface area contributed by atoms with Gasteiger partial charge in [0.05, 0.1) is 6.10 Å². The number of piperidine rings is 1. The van der Waals surface area contributed by atoms with Crippen LogP contribution in [0.5, 0.6) is 0 Å². The molecule has 2 aliphatic heterocycles. The third-order valence-electron chi connectivity index (χ3n) is 6.80. The summed E-state index contributed by atoms with van der Waals surface area (Å²) in [6.45, 7) is 6.05. The summed E-state index contributed by atoms with van der Waals surface area (Å²) in [6.07, 6.45) is 9.82. The summed E-state index contributed by atoms with van der Waals surface area (Å²) >= 11 is 0. The lowest BCUT2D eigenvalue weighted by atomic mass is 9.94. The molecule has 6 nitrogen and oxygen atoms in total. The molecule has 0 bridgehead atoms. The van der Waals surface area contributed by atoms with Crippen molar-refractivity contribution in [1.82, 2.24) is 9.80 Å². The van der Waals surface area contributed by atoms with Gasteiger partial charge in [-0.2, -0.15) is 0 Å². The number of carbonyl (C=O) groups is 1. The normalized spacial score (nSPS) is 24.2. The van der Waals surface area contributed by atoms with E-state index in [4.69, 9.17) is 9.15 Å². The average molecular weight is 403 g/mol. The fourth-order valence-corrected chi connectivity index (χ4v) is 5.22. The number of amides is 1. The molecule has 0 N–H and O–H groups in total. The van der Waals surface area contributed by atoms with E-state index < -0.39 is 0 Å². The summed E-state index contributed by atoms with van der Waals surface area (Å²) in [5.74, 6) is 0.938. The van der Waals surface area contributed by atoms with Gasteiger partial charge in [-0.05, 0) is 64.5 Å². The summed E-state index contributed by atoms with van der Waals surface area (Å²) in [5, 5.41) is 0. The Morgan fingerprint density at radius 2 is 1.83 bits per heavy atom. The van der Waals surface area contributed by atoms with Crippen molar-refractivity contribution in [3.63, 3.8) is 0 Å². The lowest BCUT2D eigenvalue weighted by Gasteiger charge is -2.38. The zero-order valence-electron chi connectivity index (χ0n) is 17.6. The van der Waals surface area contributed by atoms with Gasteiger partial charge < -0.3 is 19.0 Å². The van der Waals surface area contributed by atoms with Crippen LogP contribution in [-0.4, -0.2) is 60.6 Å². The Balaban J connectivity index is 1.41. The average Bonchev–Trinajstić information content (AvgIpc) is 3.41. The molecular formula is C23H34N2O4. The van der Waals surface area contributed by atoms with Crippen LogP contribution in [0.4, 0.5) is 0 Å². The highest BCUT2D eigenvalue weighted by molar-refractivity contribution is 5.91. The first-order valence-electron chi connectivity index (χ1n) is 11.4. The van der Waals surface area contributed by atoms with Crippen LogP contribution < -0.4 is 5.43 Å². The largest absolute Gasteiger partial charge is 0.456 e. The highest BCUT2D eigenvalue weighted by Gasteiger charge is 2.31. The van der Waals surface area contributed by atoms with Crippen molar-refractivity contribution in [3.8, 4) is 0 Å². The van der Waals surface area contributed by atoms with Crippen molar-refractivity contribution in [2.24, 2.45) is 5.92 Å². The van der Waals surface area contributed by atoms with E-state index in [0.717, 1.165) is 58.0 Å². The Hall–Kier alpha value is -1.66. The monoisotopic (exact) mass is 402 g/mol. The molecule has 6 heteroatoms. The molecular weight excluding hydrogens is 368 g/mol. The number of likely N-dealkylation sites (tertiary alicyclic amines) is 1. The van der Waals surface area contributed by atoms with Crippen molar-refractivity contribution >= 4 is 5.91 Å². The molecule has 1 saturated carbocycles. The van der Waals surface area contributed by atoms with E-state index in [1.54, 1.807) is 6.92 Å². The maximum Gasteiger partial charge on any atom is 0.289 e. The van der Waals surface area contributed by atoms with Crippen LogP contribution in [0.3, 0.4) is 0 Å². The second kappa shape index (κ2) is 9.43. The minimum atomic E-state index is -0.181. The van der Waals surface area contributed by atoms with Crippen molar-refractivity contribution in [3.05, 3.63) is 33.9 Å². The maximum atomic E-state index is 13.2. The molecule has 0 spiro atoms. The van der Waals surface area contributed by atoms with E-state index in [0.29, 0.717) is 18.2 Å². The van der Waals surface area contributed by atoms with E-state index in [-0.39, 0.29) is 23.2 Å². The van der Waals surface area contributed by atoms with E-state index in [1.165, 1.54) is 37.8 Å². The zero-order valence-corrected chi connectivity index (χ0v) is 17.6. The Labute approximate surface area is 173 Å². The van der Waals surface area contributed by atoms with E-state index in [9.17, 15) is 9.59 Å². The number of aryl methyl sites for hydroxylation is 1. The number of rotatable bonds is 6. The number of hydrogen-bond acceptors (Lipinski definition) is 5. The second-order valence-corrected chi connectivity index (χ2v) is 9.03. The molecule has 4 rings (SSSR count). The van der Waals surface area contributed by atoms with Gasteiger partial charge in [-0.15, -0.1) is 0 Å². The summed E-state index contributed by atoms with van der Waals surface area (Å²) in [5.41, 5.74) is -0.181. The number of carbonyl (C=O) groups excluding carboxylic acids is 1. The minimum absolute atomic E-state index is 0.0917. The van der Waals surface area contributed by atoms with Gasteiger partial charge in [0.25, 0.3) is 5.91 Å². The van der Waals surface area contributed by atoms with Crippen molar-refractivity contribution in [1.29, 1.82) is 0 Å². The fraction of sp³-hybridized carbons (Fsp3) is 0.739. The third-order valence-corrected chi connectivity index (χ3v) is 6.80. The van der Waals surface area contributed by atoms with Gasteiger partial charge in [0.1, 0.15) is 5.76 Å². The standard InChI is InChI=1S/C23H34N2O4/c1-17-13-20(26)14-22(29-17)23(27)25(16-21-7-4-12-28-21)15-18-8-10-24(11-9-18)19-5-2-3-6-19/h13-14,18-19,21H,2-12,15-16H2,1H3/t21-/m1/s1. The molecule has 29 heavy (non-hydrogen) atoms. The fourth-order valence-electron chi connectivity index (χ4n) is 5.22. The molecule has 3 fully saturated rings. The van der Waals surface area contributed by atoms with Gasteiger partial charge in [0, 0.05) is 37.9 Å². The Bertz CT molecular complexity index is 741. The van der Waals surface area contributed by atoms with Crippen molar-refractivity contribution < 1.29 is 13.9 Å². The van der Waals surface area contributed by atoms with Crippen LogP contribution in [0.15, 0.2) is 21.3 Å². The van der Waals surface area contributed by atoms with Crippen molar-refractivity contribution in [2.75, 3.05) is 32.8 Å². The van der Waals surface area contributed by atoms with Gasteiger partial charge in [-0.25, -0.2) is 0 Å². The minimum Gasteiger partial charge on any atom is -0.456 e. The first-order valence-corrected chi connectivity index (χ1v) is 11.4. The van der Waals surface area contributed by atoms with Crippen LogP contribution in [0.2, 0.25) is 0 Å². The van der Waals surface area contributed by atoms with E-state index >= 15 is 0 Å². The van der Waals surface area contributed by atoms with Gasteiger partial charge in [-0.3, -0.25) is 9.59 Å². The summed E-state index contributed by atoms with van der Waals surface area (Å²) in [4.78, 5) is 29.6. The Morgan fingerprint density at radius 1 is 1.07 bits per heavy atom. The van der Waals surface area contributed by atoms with Gasteiger partial charge in [-0.1, -0.05) is 12.8 Å². The van der Waals surface area contributed by atoms with E-state index in [2.05, 4.69) is 4.90 Å². The highest BCUT2D eigenvalue weighted by Crippen LogP contribution is 2.28. The van der Waals surface area contributed by atoms with Crippen LogP contribution in [0, 0.1) is 12.8 Å². The number of nitrogens with zero attached hydrogens (tertiary/aromatic N) is 2. The molecule has 3 heterocycles. The molecule has 1 atom stereocenters. The SMILES string of the molecule is Cc1cc(=O)cc(C(=O)N(CC2CCN(C3CCCC3)CC2)C[C@H]2CCCO2)o1. The van der Waals surface area contributed by atoms with Crippen LogP contribution >= 0.6 is 0 Å². The molecule has 0 radical (unpaired) electrons.